The van der Waals surface area contributed by atoms with Gasteiger partial charge < -0.3 is 10.8 Å². The van der Waals surface area contributed by atoms with Crippen LogP contribution in [0.2, 0.25) is 0 Å². The van der Waals surface area contributed by atoms with Crippen molar-refractivity contribution >= 4 is 17.2 Å². The van der Waals surface area contributed by atoms with Crippen molar-refractivity contribution in [3.8, 4) is 0 Å². The summed E-state index contributed by atoms with van der Waals surface area (Å²) in [5.41, 5.74) is 6.44. The summed E-state index contributed by atoms with van der Waals surface area (Å²) < 4.78 is 0. The molecule has 1 aromatic carbocycles. The van der Waals surface area contributed by atoms with Crippen LogP contribution in [0.5, 0.6) is 0 Å². The minimum absolute atomic E-state index is 0.422. The molecule has 1 aromatic rings. The highest BCUT2D eigenvalue weighted by molar-refractivity contribution is 7.80. The number of hydrogen-bond acceptors (Lipinski definition) is 2. The third kappa shape index (κ3) is 1.74. The van der Waals surface area contributed by atoms with E-state index in [2.05, 4.69) is 0 Å². The fourth-order valence-corrected chi connectivity index (χ4v) is 3.01. The largest absolute Gasteiger partial charge is 0.392 e. The van der Waals surface area contributed by atoms with E-state index < -0.39 is 11.5 Å². The Bertz CT molecular complexity index is 379. The summed E-state index contributed by atoms with van der Waals surface area (Å²) in [5.74, 6) is 0. The lowest BCUT2D eigenvalue weighted by molar-refractivity contribution is 0.0786. The first-order valence-corrected chi connectivity index (χ1v) is 6.12. The zero-order chi connectivity index (χ0) is 11.6. The van der Waals surface area contributed by atoms with E-state index >= 15 is 0 Å². The Hall–Kier alpha value is -0.930. The number of aliphatic hydroxyl groups is 1. The first kappa shape index (κ1) is 11.6. The molecule has 2 atom stereocenters. The van der Waals surface area contributed by atoms with Crippen LogP contribution in [0, 0.1) is 0 Å². The standard InChI is InChI=1S/C13H17NOS/c14-12(16)13(9-5-4-8-11(13)15)10-6-2-1-3-7-10/h1-3,6-7,11,15H,4-5,8-9H2,(H2,14,16). The molecule has 0 spiro atoms. The second kappa shape index (κ2) is 4.52. The molecule has 16 heavy (non-hydrogen) atoms. The molecule has 0 aliphatic heterocycles. The third-order valence-electron chi connectivity index (χ3n) is 3.60. The minimum atomic E-state index is -0.505. The molecule has 0 radical (unpaired) electrons. The fraction of sp³-hybridized carbons (Fsp3) is 0.462. The maximum atomic E-state index is 10.3. The summed E-state index contributed by atoms with van der Waals surface area (Å²) >= 11 is 5.20. The van der Waals surface area contributed by atoms with Crippen LogP contribution in [0.15, 0.2) is 30.3 Å². The molecule has 86 valence electrons. The van der Waals surface area contributed by atoms with Gasteiger partial charge in [0, 0.05) is 0 Å². The molecular weight excluding hydrogens is 218 g/mol. The molecule has 1 fully saturated rings. The summed E-state index contributed by atoms with van der Waals surface area (Å²) in [6.45, 7) is 0. The van der Waals surface area contributed by atoms with Crippen LogP contribution in [0.25, 0.3) is 0 Å². The molecule has 0 saturated heterocycles. The van der Waals surface area contributed by atoms with Gasteiger partial charge in [-0.3, -0.25) is 0 Å². The van der Waals surface area contributed by atoms with Gasteiger partial charge in [0.25, 0.3) is 0 Å². The zero-order valence-corrected chi connectivity index (χ0v) is 10.0. The maximum absolute atomic E-state index is 10.3. The Balaban J connectivity index is 2.46. The zero-order valence-electron chi connectivity index (χ0n) is 9.23. The Morgan fingerprint density at radius 1 is 1.31 bits per heavy atom. The van der Waals surface area contributed by atoms with E-state index in [1.165, 1.54) is 0 Å². The van der Waals surface area contributed by atoms with Gasteiger partial charge in [-0.05, 0) is 18.4 Å². The minimum Gasteiger partial charge on any atom is -0.392 e. The Kier molecular flexibility index (Phi) is 3.26. The predicted octanol–water partition coefficient (Wildman–Crippen LogP) is 2.15. The van der Waals surface area contributed by atoms with Crippen LogP contribution >= 0.6 is 12.2 Å². The molecule has 0 aromatic heterocycles. The van der Waals surface area contributed by atoms with Crippen LogP contribution in [-0.4, -0.2) is 16.2 Å². The van der Waals surface area contributed by atoms with E-state index in [-0.39, 0.29) is 0 Å². The first-order chi connectivity index (χ1) is 7.68. The van der Waals surface area contributed by atoms with Crippen molar-refractivity contribution in [2.24, 2.45) is 5.73 Å². The highest BCUT2D eigenvalue weighted by Crippen LogP contribution is 2.39. The van der Waals surface area contributed by atoms with Gasteiger partial charge in [0.05, 0.1) is 16.5 Å². The summed E-state index contributed by atoms with van der Waals surface area (Å²) in [6, 6.07) is 9.92. The average Bonchev–Trinajstić information content (AvgIpc) is 2.30. The highest BCUT2D eigenvalue weighted by Gasteiger charge is 2.43. The van der Waals surface area contributed by atoms with Crippen molar-refractivity contribution in [1.29, 1.82) is 0 Å². The molecule has 2 rings (SSSR count). The van der Waals surface area contributed by atoms with Crippen molar-refractivity contribution in [3.63, 3.8) is 0 Å². The van der Waals surface area contributed by atoms with Gasteiger partial charge in [0.2, 0.25) is 0 Å². The van der Waals surface area contributed by atoms with Crippen molar-refractivity contribution in [3.05, 3.63) is 35.9 Å². The molecule has 0 amide bonds. The monoisotopic (exact) mass is 235 g/mol. The van der Waals surface area contributed by atoms with Crippen LogP contribution < -0.4 is 5.73 Å². The third-order valence-corrected chi connectivity index (χ3v) is 3.96. The van der Waals surface area contributed by atoms with Crippen molar-refractivity contribution < 1.29 is 5.11 Å². The van der Waals surface area contributed by atoms with Crippen molar-refractivity contribution in [2.75, 3.05) is 0 Å². The summed E-state index contributed by atoms with van der Waals surface area (Å²) in [4.78, 5) is 0.422. The van der Waals surface area contributed by atoms with Gasteiger partial charge in [-0.2, -0.15) is 0 Å². The predicted molar refractivity (Wildman–Crippen MR) is 69.4 cm³/mol. The van der Waals surface area contributed by atoms with Crippen LogP contribution in [0.4, 0.5) is 0 Å². The van der Waals surface area contributed by atoms with E-state index in [4.69, 9.17) is 18.0 Å². The lowest BCUT2D eigenvalue weighted by atomic mass is 9.67. The Morgan fingerprint density at radius 3 is 2.56 bits per heavy atom. The lowest BCUT2D eigenvalue weighted by Crippen LogP contribution is -2.51. The Labute approximate surface area is 101 Å². The number of hydrogen-bond donors (Lipinski definition) is 2. The number of thiocarbonyl (C=S) groups is 1. The van der Waals surface area contributed by atoms with Gasteiger partial charge in [-0.1, -0.05) is 55.4 Å². The molecule has 0 bridgehead atoms. The summed E-state index contributed by atoms with van der Waals surface area (Å²) in [7, 11) is 0. The van der Waals surface area contributed by atoms with E-state index in [0.29, 0.717) is 4.99 Å². The molecular formula is C13H17NOS. The highest BCUT2D eigenvalue weighted by atomic mass is 32.1. The maximum Gasteiger partial charge on any atom is 0.0860 e. The molecule has 1 aliphatic carbocycles. The van der Waals surface area contributed by atoms with E-state index in [0.717, 1.165) is 31.2 Å². The molecule has 1 saturated carbocycles. The molecule has 1 aliphatic rings. The second-order valence-electron chi connectivity index (χ2n) is 4.46. The number of rotatable bonds is 2. The lowest BCUT2D eigenvalue weighted by Gasteiger charge is -2.41. The van der Waals surface area contributed by atoms with Gasteiger partial charge in [-0.25, -0.2) is 0 Å². The van der Waals surface area contributed by atoms with E-state index in [1.807, 2.05) is 30.3 Å². The first-order valence-electron chi connectivity index (χ1n) is 5.71. The SMILES string of the molecule is NC(=S)C1(c2ccccc2)CCCCC1O. The number of nitrogens with two attached hydrogens (primary N) is 1. The quantitative estimate of drug-likeness (QED) is 0.772. The number of aliphatic hydroxyl groups excluding tert-OH is 1. The summed E-state index contributed by atoms with van der Waals surface area (Å²) in [6.07, 6.45) is 3.32. The van der Waals surface area contributed by atoms with E-state index in [1.54, 1.807) is 0 Å². The molecule has 3 N–H and O–H groups in total. The van der Waals surface area contributed by atoms with Gasteiger partial charge >= 0.3 is 0 Å². The van der Waals surface area contributed by atoms with Crippen molar-refractivity contribution in [1.82, 2.24) is 0 Å². The fourth-order valence-electron chi connectivity index (χ4n) is 2.66. The molecule has 2 unspecified atom stereocenters. The second-order valence-corrected chi connectivity index (χ2v) is 4.90. The van der Waals surface area contributed by atoms with Crippen LogP contribution in [0.3, 0.4) is 0 Å². The van der Waals surface area contributed by atoms with Gasteiger partial charge in [-0.15, -0.1) is 0 Å². The van der Waals surface area contributed by atoms with E-state index in [9.17, 15) is 5.11 Å². The molecule has 3 heteroatoms. The van der Waals surface area contributed by atoms with Gasteiger partial charge in [0.15, 0.2) is 0 Å². The summed E-state index contributed by atoms with van der Waals surface area (Å²) in [5, 5.41) is 10.3. The average molecular weight is 235 g/mol. The van der Waals surface area contributed by atoms with Crippen molar-refractivity contribution in [2.45, 2.75) is 37.2 Å². The number of benzene rings is 1. The van der Waals surface area contributed by atoms with Crippen LogP contribution in [-0.2, 0) is 5.41 Å². The molecule has 2 nitrogen and oxygen atoms in total. The Morgan fingerprint density at radius 2 is 2.00 bits per heavy atom. The smallest absolute Gasteiger partial charge is 0.0860 e. The topological polar surface area (TPSA) is 46.2 Å². The van der Waals surface area contributed by atoms with Crippen LogP contribution in [0.1, 0.15) is 31.2 Å². The molecule has 0 heterocycles. The normalized spacial score (nSPS) is 29.9. The van der Waals surface area contributed by atoms with Gasteiger partial charge in [0.1, 0.15) is 0 Å².